The molecule has 0 radical (unpaired) electrons. The van der Waals surface area contributed by atoms with Crippen LogP contribution in [0.4, 0.5) is 0 Å². The maximum absolute atomic E-state index is 12.0. The molecule has 106 valence electrons. The topological polar surface area (TPSA) is 58.5 Å². The van der Waals surface area contributed by atoms with E-state index in [9.17, 15) is 8.42 Å². The van der Waals surface area contributed by atoms with Gasteiger partial charge in [0, 0.05) is 4.88 Å². The number of sulfonamides is 1. The molecule has 7 heteroatoms. The molecule has 0 unspecified atom stereocenters. The third kappa shape index (κ3) is 3.91. The van der Waals surface area contributed by atoms with Gasteiger partial charge in [-0.1, -0.05) is 19.1 Å². The van der Waals surface area contributed by atoms with Crippen LogP contribution in [0.2, 0.25) is 0 Å². The minimum atomic E-state index is -3.60. The zero-order valence-corrected chi connectivity index (χ0v) is 13.9. The molecule has 20 heavy (non-hydrogen) atoms. The number of hydrogen-bond acceptors (Lipinski definition) is 4. The quantitative estimate of drug-likeness (QED) is 0.645. The van der Waals surface area contributed by atoms with Crippen LogP contribution in [0.3, 0.4) is 0 Å². The number of hydrazone groups is 1. The van der Waals surface area contributed by atoms with Gasteiger partial charge in [-0.25, -0.2) is 4.83 Å². The summed E-state index contributed by atoms with van der Waals surface area (Å²) in [6, 6.07) is 10.5. The number of benzene rings is 1. The third-order valence-electron chi connectivity index (χ3n) is 2.60. The summed E-state index contributed by atoms with van der Waals surface area (Å²) in [5, 5.41) is 3.77. The van der Waals surface area contributed by atoms with Crippen LogP contribution in [0.5, 0.6) is 0 Å². The van der Waals surface area contributed by atoms with Gasteiger partial charge in [-0.05, 0) is 52.2 Å². The van der Waals surface area contributed by atoms with Gasteiger partial charge in [-0.2, -0.15) is 13.5 Å². The number of nitrogens with one attached hydrogen (secondary N) is 1. The Hall–Kier alpha value is -1.18. The smallest absolute Gasteiger partial charge is 0.200 e. The Morgan fingerprint density at radius 1 is 1.25 bits per heavy atom. The molecule has 0 atom stereocenters. The number of halogens is 1. The fourth-order valence-electron chi connectivity index (χ4n) is 1.51. The lowest BCUT2D eigenvalue weighted by atomic mass is 10.2. The molecule has 0 aliphatic heterocycles. The highest BCUT2D eigenvalue weighted by atomic mass is 79.9. The molecule has 0 bridgehead atoms. The normalized spacial score (nSPS) is 11.9. The molecule has 1 heterocycles. The number of rotatable bonds is 5. The molecule has 4 nitrogen and oxygen atoms in total. The van der Waals surface area contributed by atoms with Crippen molar-refractivity contribution in [2.45, 2.75) is 18.2 Å². The van der Waals surface area contributed by atoms with Gasteiger partial charge in [0.15, 0.2) is 0 Å². The van der Waals surface area contributed by atoms with Crippen LogP contribution in [0.1, 0.15) is 17.4 Å². The van der Waals surface area contributed by atoms with E-state index < -0.39 is 10.0 Å². The van der Waals surface area contributed by atoms with Gasteiger partial charge >= 0.3 is 0 Å². The van der Waals surface area contributed by atoms with E-state index in [0.717, 1.165) is 20.6 Å². The van der Waals surface area contributed by atoms with Gasteiger partial charge < -0.3 is 0 Å². The van der Waals surface area contributed by atoms with E-state index in [0.29, 0.717) is 0 Å². The first-order valence-corrected chi connectivity index (χ1v) is 8.99. The molecule has 0 spiro atoms. The molecule has 0 aliphatic carbocycles. The van der Waals surface area contributed by atoms with Crippen molar-refractivity contribution in [3.05, 3.63) is 50.6 Å². The average molecular weight is 373 g/mol. The molecule has 1 aromatic heterocycles. The first-order valence-electron chi connectivity index (χ1n) is 5.90. The van der Waals surface area contributed by atoms with E-state index in [2.05, 4.69) is 25.9 Å². The van der Waals surface area contributed by atoms with Crippen molar-refractivity contribution >= 4 is 43.5 Å². The predicted octanol–water partition coefficient (Wildman–Crippen LogP) is 3.39. The molecule has 0 fully saturated rings. The van der Waals surface area contributed by atoms with Gasteiger partial charge in [0.1, 0.15) is 0 Å². The fraction of sp³-hybridized carbons (Fsp3) is 0.154. The van der Waals surface area contributed by atoms with Crippen molar-refractivity contribution in [3.63, 3.8) is 0 Å². The molecule has 1 aromatic carbocycles. The number of nitrogens with zero attached hydrogens (tertiary/aromatic N) is 1. The maximum Gasteiger partial charge on any atom is 0.276 e. The molecular formula is C13H13BrN2O2S2. The summed E-state index contributed by atoms with van der Waals surface area (Å²) in [5.41, 5.74) is 1.09. The SMILES string of the molecule is CCc1ccc(S(=O)(=O)N/N=C\c2ccc(Br)s2)cc1. The number of aryl methyl sites for hydroxylation is 1. The first-order chi connectivity index (χ1) is 9.51. The van der Waals surface area contributed by atoms with Gasteiger partial charge in [0.05, 0.1) is 14.9 Å². The Morgan fingerprint density at radius 2 is 1.95 bits per heavy atom. The van der Waals surface area contributed by atoms with Gasteiger partial charge in [0.25, 0.3) is 10.0 Å². The van der Waals surface area contributed by atoms with Crippen molar-refractivity contribution in [2.75, 3.05) is 0 Å². The second-order valence-corrected chi connectivity index (χ2v) is 8.15. The third-order valence-corrected chi connectivity index (χ3v) is 5.40. The molecule has 0 saturated heterocycles. The highest BCUT2D eigenvalue weighted by Gasteiger charge is 2.11. The molecule has 0 saturated carbocycles. The van der Waals surface area contributed by atoms with Gasteiger partial charge in [-0.15, -0.1) is 11.3 Å². The molecule has 0 amide bonds. The molecule has 0 aliphatic rings. The van der Waals surface area contributed by atoms with Crippen LogP contribution in [0.15, 0.2) is 50.2 Å². The Bertz CT molecular complexity index is 706. The summed E-state index contributed by atoms with van der Waals surface area (Å²) in [7, 11) is -3.60. The summed E-state index contributed by atoms with van der Waals surface area (Å²) in [5.74, 6) is 0. The second kappa shape index (κ2) is 6.51. The van der Waals surface area contributed by atoms with E-state index in [1.807, 2.05) is 19.1 Å². The monoisotopic (exact) mass is 372 g/mol. The van der Waals surface area contributed by atoms with Crippen LogP contribution in [0.25, 0.3) is 0 Å². The van der Waals surface area contributed by atoms with Crippen LogP contribution in [0, 0.1) is 0 Å². The van der Waals surface area contributed by atoms with Crippen molar-refractivity contribution in [3.8, 4) is 0 Å². The lowest BCUT2D eigenvalue weighted by Crippen LogP contribution is -2.18. The maximum atomic E-state index is 12.0. The lowest BCUT2D eigenvalue weighted by Gasteiger charge is -2.03. The van der Waals surface area contributed by atoms with Crippen molar-refractivity contribution < 1.29 is 8.42 Å². The van der Waals surface area contributed by atoms with Crippen LogP contribution < -0.4 is 4.83 Å². The minimum absolute atomic E-state index is 0.208. The first kappa shape index (κ1) is 15.2. The second-order valence-electron chi connectivity index (χ2n) is 3.99. The van der Waals surface area contributed by atoms with E-state index >= 15 is 0 Å². The summed E-state index contributed by atoms with van der Waals surface area (Å²) in [4.78, 5) is 3.27. The van der Waals surface area contributed by atoms with Crippen molar-refractivity contribution in [1.82, 2.24) is 4.83 Å². The Kier molecular flexibility index (Phi) is 4.95. The minimum Gasteiger partial charge on any atom is -0.200 e. The summed E-state index contributed by atoms with van der Waals surface area (Å²) in [6.45, 7) is 2.02. The van der Waals surface area contributed by atoms with Crippen LogP contribution in [-0.2, 0) is 16.4 Å². The van der Waals surface area contributed by atoms with Crippen molar-refractivity contribution in [1.29, 1.82) is 0 Å². The number of thiophene rings is 1. The largest absolute Gasteiger partial charge is 0.276 e. The van der Waals surface area contributed by atoms with E-state index in [1.165, 1.54) is 17.6 Å². The molecule has 1 N–H and O–H groups in total. The summed E-state index contributed by atoms with van der Waals surface area (Å²) < 4.78 is 25.0. The Morgan fingerprint density at radius 3 is 2.50 bits per heavy atom. The van der Waals surface area contributed by atoms with E-state index in [4.69, 9.17) is 0 Å². The standard InChI is InChI=1S/C13H13BrN2O2S2/c1-2-10-3-6-12(7-4-10)20(17,18)16-15-9-11-5-8-13(14)19-11/h3-9,16H,2H2,1H3/b15-9-. The van der Waals surface area contributed by atoms with Crippen LogP contribution >= 0.6 is 27.3 Å². The lowest BCUT2D eigenvalue weighted by molar-refractivity contribution is 0.584. The summed E-state index contributed by atoms with van der Waals surface area (Å²) >= 11 is 4.80. The summed E-state index contributed by atoms with van der Waals surface area (Å²) in [6.07, 6.45) is 2.35. The molecule has 2 rings (SSSR count). The fourth-order valence-corrected chi connectivity index (χ4v) is 3.60. The number of hydrogen-bond donors (Lipinski definition) is 1. The zero-order valence-electron chi connectivity index (χ0n) is 10.7. The average Bonchev–Trinajstić information content (AvgIpc) is 2.84. The van der Waals surface area contributed by atoms with E-state index in [1.54, 1.807) is 24.3 Å². The van der Waals surface area contributed by atoms with Crippen LogP contribution in [-0.4, -0.2) is 14.6 Å². The van der Waals surface area contributed by atoms with Gasteiger partial charge in [0.2, 0.25) is 0 Å². The van der Waals surface area contributed by atoms with Crippen molar-refractivity contribution in [2.24, 2.45) is 5.10 Å². The highest BCUT2D eigenvalue weighted by molar-refractivity contribution is 9.11. The predicted molar refractivity (Wildman–Crippen MR) is 85.8 cm³/mol. The highest BCUT2D eigenvalue weighted by Crippen LogP contribution is 2.20. The van der Waals surface area contributed by atoms with Gasteiger partial charge in [-0.3, -0.25) is 0 Å². The van der Waals surface area contributed by atoms with E-state index in [-0.39, 0.29) is 4.90 Å². The molecular weight excluding hydrogens is 360 g/mol. The molecule has 2 aromatic rings. The zero-order chi connectivity index (χ0) is 14.6. The Balaban J connectivity index is 2.08. The Labute approximate surface area is 130 Å².